The van der Waals surface area contributed by atoms with Crippen LogP contribution < -0.4 is 10.5 Å². The number of rotatable bonds is 2. The predicted octanol–water partition coefficient (Wildman–Crippen LogP) is 1.18. The molecule has 88 valence electrons. The summed E-state index contributed by atoms with van der Waals surface area (Å²) in [6, 6.07) is 3.89. The van der Waals surface area contributed by atoms with Gasteiger partial charge in [-0.25, -0.2) is 4.98 Å². The van der Waals surface area contributed by atoms with Gasteiger partial charge in [0.1, 0.15) is 0 Å². The van der Waals surface area contributed by atoms with Crippen molar-refractivity contribution in [1.82, 2.24) is 4.98 Å². The molecule has 0 unspecified atom stereocenters. The lowest BCUT2D eigenvalue weighted by atomic mass is 9.78. The highest BCUT2D eigenvalue weighted by Crippen LogP contribution is 2.36. The maximum Gasteiger partial charge on any atom is 0.212 e. The molecule has 1 fully saturated rings. The van der Waals surface area contributed by atoms with Gasteiger partial charge in [-0.2, -0.15) is 0 Å². The molecule has 1 aliphatic carbocycles. The molecule has 1 aromatic rings. The van der Waals surface area contributed by atoms with E-state index in [2.05, 4.69) is 4.98 Å². The molecule has 4 nitrogen and oxygen atoms in total. The fourth-order valence-corrected chi connectivity index (χ4v) is 2.18. The molecule has 3 N–H and O–H groups in total. The molecule has 1 saturated carbocycles. The molecule has 4 heteroatoms. The van der Waals surface area contributed by atoms with Gasteiger partial charge in [0.2, 0.25) is 5.88 Å². The van der Waals surface area contributed by atoms with E-state index in [0.717, 1.165) is 18.4 Å². The molecule has 1 aromatic heterocycles. The summed E-state index contributed by atoms with van der Waals surface area (Å²) in [5.41, 5.74) is 5.94. The van der Waals surface area contributed by atoms with Gasteiger partial charge in [0.15, 0.2) is 0 Å². The van der Waals surface area contributed by atoms with E-state index in [0.29, 0.717) is 18.7 Å². The predicted molar refractivity (Wildman–Crippen MR) is 61.1 cm³/mol. The SMILES string of the molecule is COc1ccc(C2(O)CCC(N)CC2)cn1. The van der Waals surface area contributed by atoms with Crippen molar-refractivity contribution >= 4 is 0 Å². The van der Waals surface area contributed by atoms with Gasteiger partial charge in [-0.15, -0.1) is 0 Å². The smallest absolute Gasteiger partial charge is 0.212 e. The Hall–Kier alpha value is -1.13. The molecule has 0 bridgehead atoms. The van der Waals surface area contributed by atoms with Crippen LogP contribution in [0.2, 0.25) is 0 Å². The molecule has 0 aromatic carbocycles. The number of nitrogens with zero attached hydrogens (tertiary/aromatic N) is 1. The highest BCUT2D eigenvalue weighted by molar-refractivity contribution is 5.24. The average Bonchev–Trinajstić information content (AvgIpc) is 2.33. The van der Waals surface area contributed by atoms with Gasteiger partial charge in [0.05, 0.1) is 12.7 Å². The molecular weight excluding hydrogens is 204 g/mol. The first-order valence-corrected chi connectivity index (χ1v) is 5.62. The van der Waals surface area contributed by atoms with Gasteiger partial charge in [-0.3, -0.25) is 0 Å². The fraction of sp³-hybridized carbons (Fsp3) is 0.583. The summed E-state index contributed by atoms with van der Waals surface area (Å²) in [7, 11) is 1.58. The summed E-state index contributed by atoms with van der Waals surface area (Å²) in [5, 5.41) is 10.5. The molecular formula is C12H18N2O2. The lowest BCUT2D eigenvalue weighted by molar-refractivity contribution is -0.00530. The molecule has 0 aliphatic heterocycles. The first-order valence-electron chi connectivity index (χ1n) is 5.62. The normalized spacial score (nSPS) is 30.1. The van der Waals surface area contributed by atoms with Crippen molar-refractivity contribution in [3.8, 4) is 5.88 Å². The van der Waals surface area contributed by atoms with Crippen LogP contribution in [-0.2, 0) is 5.60 Å². The molecule has 1 heterocycles. The Bertz CT molecular complexity index is 343. The van der Waals surface area contributed by atoms with Gasteiger partial charge >= 0.3 is 0 Å². The van der Waals surface area contributed by atoms with E-state index in [1.165, 1.54) is 0 Å². The van der Waals surface area contributed by atoms with Gasteiger partial charge in [0.25, 0.3) is 0 Å². The fourth-order valence-electron chi connectivity index (χ4n) is 2.18. The van der Waals surface area contributed by atoms with Crippen LogP contribution >= 0.6 is 0 Å². The summed E-state index contributed by atoms with van der Waals surface area (Å²) < 4.78 is 4.99. The Labute approximate surface area is 95.4 Å². The van der Waals surface area contributed by atoms with Crippen LogP contribution in [0.25, 0.3) is 0 Å². The number of pyridine rings is 1. The van der Waals surface area contributed by atoms with Gasteiger partial charge in [-0.05, 0) is 31.7 Å². The summed E-state index contributed by atoms with van der Waals surface area (Å²) >= 11 is 0. The Kier molecular flexibility index (Phi) is 3.12. The Morgan fingerprint density at radius 3 is 2.62 bits per heavy atom. The first kappa shape index (κ1) is 11.4. The second-order valence-electron chi connectivity index (χ2n) is 4.46. The van der Waals surface area contributed by atoms with Crippen LogP contribution in [0, 0.1) is 0 Å². The van der Waals surface area contributed by atoms with Crippen LogP contribution in [0.4, 0.5) is 0 Å². The minimum Gasteiger partial charge on any atom is -0.481 e. The largest absolute Gasteiger partial charge is 0.481 e. The summed E-state index contributed by atoms with van der Waals surface area (Å²) in [5.74, 6) is 0.569. The van der Waals surface area contributed by atoms with E-state index in [4.69, 9.17) is 10.5 Å². The van der Waals surface area contributed by atoms with Crippen molar-refractivity contribution in [3.63, 3.8) is 0 Å². The van der Waals surface area contributed by atoms with Gasteiger partial charge in [-0.1, -0.05) is 0 Å². The van der Waals surface area contributed by atoms with Crippen LogP contribution in [0.15, 0.2) is 18.3 Å². The van der Waals surface area contributed by atoms with Crippen LogP contribution in [-0.4, -0.2) is 23.2 Å². The Morgan fingerprint density at radius 2 is 2.12 bits per heavy atom. The number of aliphatic hydroxyl groups is 1. The average molecular weight is 222 g/mol. The Balaban J connectivity index is 2.16. The summed E-state index contributed by atoms with van der Waals surface area (Å²) in [6.07, 6.45) is 4.84. The minimum atomic E-state index is -0.755. The van der Waals surface area contributed by atoms with E-state index in [1.807, 2.05) is 6.07 Å². The first-order chi connectivity index (χ1) is 7.64. The van der Waals surface area contributed by atoms with Crippen molar-refractivity contribution < 1.29 is 9.84 Å². The zero-order chi connectivity index (χ0) is 11.6. The molecule has 1 aliphatic rings. The number of ether oxygens (including phenoxy) is 1. The molecule has 0 amide bonds. The van der Waals surface area contributed by atoms with E-state index < -0.39 is 5.60 Å². The van der Waals surface area contributed by atoms with Crippen LogP contribution in [0.1, 0.15) is 31.2 Å². The molecule has 0 atom stereocenters. The highest BCUT2D eigenvalue weighted by atomic mass is 16.5. The standard InChI is InChI=1S/C12H18N2O2/c1-16-11-3-2-9(8-14-11)12(15)6-4-10(13)5-7-12/h2-3,8,10,15H,4-7,13H2,1H3. The number of hydrogen-bond acceptors (Lipinski definition) is 4. The second-order valence-corrected chi connectivity index (χ2v) is 4.46. The monoisotopic (exact) mass is 222 g/mol. The molecule has 2 rings (SSSR count). The number of hydrogen-bond donors (Lipinski definition) is 2. The zero-order valence-electron chi connectivity index (χ0n) is 9.52. The quantitative estimate of drug-likeness (QED) is 0.788. The van der Waals surface area contributed by atoms with Crippen molar-refractivity contribution in [2.45, 2.75) is 37.3 Å². The third-order valence-corrected chi connectivity index (χ3v) is 3.34. The zero-order valence-corrected chi connectivity index (χ0v) is 9.52. The lowest BCUT2D eigenvalue weighted by Crippen LogP contribution is -2.36. The van der Waals surface area contributed by atoms with E-state index >= 15 is 0 Å². The van der Waals surface area contributed by atoms with Gasteiger partial charge in [0, 0.05) is 23.9 Å². The minimum absolute atomic E-state index is 0.228. The van der Waals surface area contributed by atoms with Crippen molar-refractivity contribution in [3.05, 3.63) is 23.9 Å². The maximum absolute atomic E-state index is 10.5. The number of aromatic nitrogens is 1. The van der Waals surface area contributed by atoms with Gasteiger partial charge < -0.3 is 15.6 Å². The summed E-state index contributed by atoms with van der Waals surface area (Å²) in [6.45, 7) is 0. The third-order valence-electron chi connectivity index (χ3n) is 3.34. The van der Waals surface area contributed by atoms with Crippen molar-refractivity contribution in [1.29, 1.82) is 0 Å². The topological polar surface area (TPSA) is 68.4 Å². The van der Waals surface area contributed by atoms with Crippen LogP contribution in [0.5, 0.6) is 5.88 Å². The van der Waals surface area contributed by atoms with Crippen molar-refractivity contribution in [2.75, 3.05) is 7.11 Å². The van der Waals surface area contributed by atoms with E-state index in [1.54, 1.807) is 19.4 Å². The van der Waals surface area contributed by atoms with Crippen molar-refractivity contribution in [2.24, 2.45) is 5.73 Å². The molecule has 16 heavy (non-hydrogen) atoms. The highest BCUT2D eigenvalue weighted by Gasteiger charge is 2.33. The molecule has 0 spiro atoms. The molecule has 0 radical (unpaired) electrons. The third kappa shape index (κ3) is 2.18. The molecule has 0 saturated heterocycles. The number of methoxy groups -OCH3 is 1. The van der Waals surface area contributed by atoms with Crippen LogP contribution in [0.3, 0.4) is 0 Å². The van der Waals surface area contributed by atoms with E-state index in [9.17, 15) is 5.11 Å². The number of nitrogens with two attached hydrogens (primary N) is 1. The summed E-state index contributed by atoms with van der Waals surface area (Å²) in [4.78, 5) is 4.12. The Morgan fingerprint density at radius 1 is 1.44 bits per heavy atom. The second kappa shape index (κ2) is 4.39. The lowest BCUT2D eigenvalue weighted by Gasteiger charge is -2.34. The maximum atomic E-state index is 10.5. The van der Waals surface area contributed by atoms with E-state index in [-0.39, 0.29) is 6.04 Å².